The van der Waals surface area contributed by atoms with Gasteiger partial charge in [-0.1, -0.05) is 6.07 Å². The van der Waals surface area contributed by atoms with Gasteiger partial charge >= 0.3 is 0 Å². The standard InChI is InChI=1S/C17H22FN3O2/c18-13-4-2-5-15(7-13)23-16-6-1-3-12(17(16)22)8-19-9-14-10-20-11-21-14/h2,4-5,7,10-12,16-17,19,22H,1,3,6,8-9H2,(H,20,21)/t12-,16-,17-/m1/s1. The molecule has 1 aliphatic rings. The number of aliphatic hydroxyl groups is 1. The number of halogens is 1. The van der Waals surface area contributed by atoms with Crippen molar-refractivity contribution in [1.29, 1.82) is 0 Å². The monoisotopic (exact) mass is 319 g/mol. The van der Waals surface area contributed by atoms with Gasteiger partial charge in [-0.15, -0.1) is 0 Å². The van der Waals surface area contributed by atoms with Crippen LogP contribution in [0.1, 0.15) is 25.0 Å². The second-order valence-corrected chi connectivity index (χ2v) is 6.00. The smallest absolute Gasteiger partial charge is 0.126 e. The number of nitrogens with zero attached hydrogens (tertiary/aromatic N) is 1. The Labute approximate surface area is 134 Å². The van der Waals surface area contributed by atoms with Crippen molar-refractivity contribution < 1.29 is 14.2 Å². The predicted molar refractivity (Wildman–Crippen MR) is 84.5 cm³/mol. The van der Waals surface area contributed by atoms with Crippen LogP contribution in [0, 0.1) is 11.7 Å². The average molecular weight is 319 g/mol. The fraction of sp³-hybridized carbons (Fsp3) is 0.471. The summed E-state index contributed by atoms with van der Waals surface area (Å²) in [6.07, 6.45) is 5.32. The third kappa shape index (κ3) is 4.30. The summed E-state index contributed by atoms with van der Waals surface area (Å²) in [6.45, 7) is 1.40. The second-order valence-electron chi connectivity index (χ2n) is 6.00. The Hall–Kier alpha value is -1.92. The maximum atomic E-state index is 13.2. The van der Waals surface area contributed by atoms with E-state index in [1.807, 2.05) is 0 Å². The van der Waals surface area contributed by atoms with Gasteiger partial charge in [-0.25, -0.2) is 9.37 Å². The molecule has 1 fully saturated rings. The highest BCUT2D eigenvalue weighted by Gasteiger charge is 2.33. The molecule has 3 rings (SSSR count). The Balaban J connectivity index is 1.52. The topological polar surface area (TPSA) is 70.2 Å². The molecule has 1 aromatic heterocycles. The SMILES string of the molecule is O[C@@H]1[C@@H](CNCc2cnc[nH]2)CCC[C@H]1Oc1cccc(F)c1. The fourth-order valence-electron chi connectivity index (χ4n) is 3.07. The van der Waals surface area contributed by atoms with Crippen LogP contribution < -0.4 is 10.1 Å². The van der Waals surface area contributed by atoms with Gasteiger partial charge in [-0.3, -0.25) is 0 Å². The summed E-state index contributed by atoms with van der Waals surface area (Å²) in [7, 11) is 0. The van der Waals surface area contributed by atoms with Gasteiger partial charge in [0, 0.05) is 37.0 Å². The number of H-pyrrole nitrogens is 1. The van der Waals surface area contributed by atoms with E-state index in [1.54, 1.807) is 24.7 Å². The molecule has 2 aromatic rings. The van der Waals surface area contributed by atoms with Crippen molar-refractivity contribution in [2.24, 2.45) is 5.92 Å². The third-order valence-electron chi connectivity index (χ3n) is 4.29. The molecule has 0 saturated heterocycles. The van der Waals surface area contributed by atoms with Crippen LogP contribution in [0.25, 0.3) is 0 Å². The first-order chi connectivity index (χ1) is 11.2. The van der Waals surface area contributed by atoms with E-state index in [-0.39, 0.29) is 17.8 Å². The number of aromatic nitrogens is 2. The van der Waals surface area contributed by atoms with Crippen molar-refractivity contribution in [2.45, 2.75) is 38.0 Å². The van der Waals surface area contributed by atoms with E-state index in [1.165, 1.54) is 12.1 Å². The summed E-state index contributed by atoms with van der Waals surface area (Å²) in [6, 6.07) is 6.07. The lowest BCUT2D eigenvalue weighted by atomic mass is 9.84. The number of hydrogen-bond donors (Lipinski definition) is 3. The van der Waals surface area contributed by atoms with E-state index >= 15 is 0 Å². The first-order valence-corrected chi connectivity index (χ1v) is 8.00. The van der Waals surface area contributed by atoms with Crippen LogP contribution in [0.5, 0.6) is 5.75 Å². The molecule has 23 heavy (non-hydrogen) atoms. The minimum Gasteiger partial charge on any atom is -0.488 e. The van der Waals surface area contributed by atoms with Gasteiger partial charge in [0.05, 0.1) is 12.4 Å². The van der Waals surface area contributed by atoms with E-state index in [2.05, 4.69) is 15.3 Å². The van der Waals surface area contributed by atoms with Crippen LogP contribution in [-0.4, -0.2) is 33.8 Å². The Kier molecular flexibility index (Phi) is 5.25. The summed E-state index contributed by atoms with van der Waals surface area (Å²) in [5, 5.41) is 13.9. The molecule has 0 amide bonds. The van der Waals surface area contributed by atoms with Crippen LogP contribution in [0.3, 0.4) is 0 Å². The molecule has 5 nitrogen and oxygen atoms in total. The summed E-state index contributed by atoms with van der Waals surface area (Å²) >= 11 is 0. The summed E-state index contributed by atoms with van der Waals surface area (Å²) in [5.41, 5.74) is 1.02. The van der Waals surface area contributed by atoms with Crippen molar-refractivity contribution in [3.8, 4) is 5.75 Å². The number of imidazole rings is 1. The number of aromatic amines is 1. The number of hydrogen-bond acceptors (Lipinski definition) is 4. The van der Waals surface area contributed by atoms with E-state index in [0.717, 1.165) is 25.0 Å². The molecule has 1 saturated carbocycles. The van der Waals surface area contributed by atoms with E-state index in [9.17, 15) is 9.50 Å². The molecule has 0 radical (unpaired) electrons. The van der Waals surface area contributed by atoms with Crippen LogP contribution in [-0.2, 0) is 6.54 Å². The summed E-state index contributed by atoms with van der Waals surface area (Å²) in [5.74, 6) is 0.274. The first kappa shape index (κ1) is 16.0. The van der Waals surface area contributed by atoms with Crippen LogP contribution in [0.2, 0.25) is 0 Å². The third-order valence-corrected chi connectivity index (χ3v) is 4.29. The highest BCUT2D eigenvalue weighted by Crippen LogP contribution is 2.28. The molecule has 124 valence electrons. The number of rotatable bonds is 6. The lowest BCUT2D eigenvalue weighted by Gasteiger charge is -2.35. The highest BCUT2D eigenvalue weighted by atomic mass is 19.1. The lowest BCUT2D eigenvalue weighted by molar-refractivity contribution is -0.0307. The zero-order valence-electron chi connectivity index (χ0n) is 12.9. The normalized spacial score (nSPS) is 24.5. The molecule has 0 spiro atoms. The van der Waals surface area contributed by atoms with Crippen LogP contribution >= 0.6 is 0 Å². The van der Waals surface area contributed by atoms with Gasteiger partial charge in [0.25, 0.3) is 0 Å². The lowest BCUT2D eigenvalue weighted by Crippen LogP contribution is -2.44. The Morgan fingerprint density at radius 3 is 3.09 bits per heavy atom. The Morgan fingerprint density at radius 1 is 1.39 bits per heavy atom. The minimum atomic E-state index is -0.554. The quantitative estimate of drug-likeness (QED) is 0.764. The molecular weight excluding hydrogens is 297 g/mol. The van der Waals surface area contributed by atoms with Crippen molar-refractivity contribution in [2.75, 3.05) is 6.54 Å². The van der Waals surface area contributed by atoms with Gasteiger partial charge in [0.1, 0.15) is 17.7 Å². The zero-order chi connectivity index (χ0) is 16.1. The second kappa shape index (κ2) is 7.57. The van der Waals surface area contributed by atoms with E-state index in [4.69, 9.17) is 4.74 Å². The number of ether oxygens (including phenoxy) is 1. The molecule has 1 aromatic carbocycles. The van der Waals surface area contributed by atoms with Gasteiger partial charge < -0.3 is 20.1 Å². The van der Waals surface area contributed by atoms with Gasteiger partial charge in [0.15, 0.2) is 0 Å². The van der Waals surface area contributed by atoms with Gasteiger partial charge in [-0.05, 0) is 31.4 Å². The molecule has 1 heterocycles. The fourth-order valence-corrected chi connectivity index (χ4v) is 3.07. The number of nitrogens with one attached hydrogen (secondary N) is 2. The minimum absolute atomic E-state index is 0.130. The van der Waals surface area contributed by atoms with Crippen molar-refractivity contribution in [1.82, 2.24) is 15.3 Å². The van der Waals surface area contributed by atoms with Crippen molar-refractivity contribution in [3.05, 3.63) is 48.3 Å². The maximum Gasteiger partial charge on any atom is 0.126 e. The van der Waals surface area contributed by atoms with E-state index in [0.29, 0.717) is 18.8 Å². The van der Waals surface area contributed by atoms with E-state index < -0.39 is 6.10 Å². The molecule has 0 unspecified atom stereocenters. The molecule has 3 atom stereocenters. The zero-order valence-corrected chi connectivity index (χ0v) is 12.9. The maximum absolute atomic E-state index is 13.2. The molecule has 3 N–H and O–H groups in total. The van der Waals surface area contributed by atoms with Crippen LogP contribution in [0.15, 0.2) is 36.8 Å². The summed E-state index contributed by atoms with van der Waals surface area (Å²) in [4.78, 5) is 7.01. The Bertz CT molecular complexity index is 606. The molecule has 0 aliphatic heterocycles. The highest BCUT2D eigenvalue weighted by molar-refractivity contribution is 5.23. The predicted octanol–water partition coefficient (Wildman–Crippen LogP) is 2.25. The molecule has 6 heteroatoms. The average Bonchev–Trinajstić information content (AvgIpc) is 3.04. The molecule has 0 bridgehead atoms. The van der Waals surface area contributed by atoms with Crippen molar-refractivity contribution in [3.63, 3.8) is 0 Å². The largest absolute Gasteiger partial charge is 0.488 e. The Morgan fingerprint density at radius 2 is 2.30 bits per heavy atom. The number of aliphatic hydroxyl groups excluding tert-OH is 1. The van der Waals surface area contributed by atoms with Gasteiger partial charge in [0.2, 0.25) is 0 Å². The van der Waals surface area contributed by atoms with Crippen LogP contribution in [0.4, 0.5) is 4.39 Å². The summed E-state index contributed by atoms with van der Waals surface area (Å²) < 4.78 is 19.0. The van der Waals surface area contributed by atoms with Gasteiger partial charge in [-0.2, -0.15) is 0 Å². The first-order valence-electron chi connectivity index (χ1n) is 8.00. The molecular formula is C17H22FN3O2. The molecule has 1 aliphatic carbocycles. The number of benzene rings is 1. The van der Waals surface area contributed by atoms with Crippen molar-refractivity contribution >= 4 is 0 Å².